The highest BCUT2D eigenvalue weighted by molar-refractivity contribution is 6.30. The van der Waals surface area contributed by atoms with Gasteiger partial charge in [-0.25, -0.2) is 0 Å². The quantitative estimate of drug-likeness (QED) is 0.515. The minimum absolute atomic E-state index is 0.143. The second-order valence-electron chi connectivity index (χ2n) is 7.63. The van der Waals surface area contributed by atoms with E-state index in [0.29, 0.717) is 12.8 Å². The molecule has 1 unspecified atom stereocenters. The molecule has 1 atom stereocenters. The summed E-state index contributed by atoms with van der Waals surface area (Å²) in [5, 5.41) is 6.61. The molecule has 0 radical (unpaired) electrons. The fourth-order valence-corrected chi connectivity index (χ4v) is 4.57. The molecule has 0 bridgehead atoms. The average Bonchev–Trinajstić information content (AvgIpc) is 2.72. The highest BCUT2D eigenvalue weighted by Crippen LogP contribution is 2.40. The normalized spacial score (nSPS) is 21.3. The van der Waals surface area contributed by atoms with Crippen molar-refractivity contribution in [2.45, 2.75) is 56.5 Å². The minimum Gasteiger partial charge on any atom is -0.388 e. The molecule has 1 amide bonds. The molecule has 0 aromatic heterocycles. The summed E-state index contributed by atoms with van der Waals surface area (Å²) in [6.07, 6.45) is 8.48. The number of benzene rings is 1. The number of nitrogens with two attached hydrogens (primary N) is 1. The summed E-state index contributed by atoms with van der Waals surface area (Å²) in [6.45, 7) is 2.60. The summed E-state index contributed by atoms with van der Waals surface area (Å²) in [5.41, 5.74) is 7.02. The lowest BCUT2D eigenvalue weighted by atomic mass is 9.73. The Morgan fingerprint density at radius 3 is 2.54 bits per heavy atom. The van der Waals surface area contributed by atoms with E-state index in [2.05, 4.69) is 15.5 Å². The number of nitrogens with zero attached hydrogens (tertiary/aromatic N) is 1. The number of carbonyl (C=O) groups is 2. The van der Waals surface area contributed by atoms with Crippen molar-refractivity contribution in [1.82, 2.24) is 10.2 Å². The van der Waals surface area contributed by atoms with Crippen LogP contribution in [0.3, 0.4) is 0 Å². The van der Waals surface area contributed by atoms with Crippen LogP contribution in [0.4, 0.5) is 5.69 Å². The van der Waals surface area contributed by atoms with E-state index < -0.39 is 5.91 Å². The van der Waals surface area contributed by atoms with Gasteiger partial charge >= 0.3 is 0 Å². The van der Waals surface area contributed by atoms with Crippen LogP contribution in [-0.4, -0.2) is 55.4 Å². The van der Waals surface area contributed by atoms with Gasteiger partial charge in [-0.3, -0.25) is 14.5 Å². The summed E-state index contributed by atoms with van der Waals surface area (Å²) >= 11 is 5.64. The summed E-state index contributed by atoms with van der Waals surface area (Å²) in [4.78, 5) is 24.2. The van der Waals surface area contributed by atoms with Crippen molar-refractivity contribution in [3.63, 3.8) is 0 Å². The SMILES string of the molecule is CNc1ccc(Cl)cc1.NCCN1CCC(NC(=O)C=O)CC12CCCCC2. The van der Waals surface area contributed by atoms with Crippen molar-refractivity contribution in [2.24, 2.45) is 5.73 Å². The first-order valence-corrected chi connectivity index (χ1v) is 10.5. The Morgan fingerprint density at radius 1 is 1.29 bits per heavy atom. The first-order chi connectivity index (χ1) is 13.5. The van der Waals surface area contributed by atoms with Crippen LogP contribution >= 0.6 is 11.6 Å². The number of halogens is 1. The third-order valence-electron chi connectivity index (χ3n) is 5.81. The fraction of sp³-hybridized carbons (Fsp3) is 0.619. The molecule has 1 saturated carbocycles. The number of aldehydes is 1. The fourth-order valence-electron chi connectivity index (χ4n) is 4.45. The number of likely N-dealkylation sites (tertiary alicyclic amines) is 1. The highest BCUT2D eigenvalue weighted by Gasteiger charge is 2.42. The van der Waals surface area contributed by atoms with Crippen molar-refractivity contribution >= 4 is 29.5 Å². The van der Waals surface area contributed by atoms with Gasteiger partial charge in [-0.15, -0.1) is 0 Å². The minimum atomic E-state index is -0.483. The number of rotatable bonds is 5. The summed E-state index contributed by atoms with van der Waals surface area (Å²) < 4.78 is 0. The van der Waals surface area contributed by atoms with Crippen LogP contribution in [0.25, 0.3) is 0 Å². The van der Waals surface area contributed by atoms with Crippen LogP contribution in [0.2, 0.25) is 5.02 Å². The van der Waals surface area contributed by atoms with Crippen LogP contribution in [0.1, 0.15) is 44.9 Å². The lowest BCUT2D eigenvalue weighted by molar-refractivity contribution is -0.132. The van der Waals surface area contributed by atoms with Gasteiger partial charge in [-0.1, -0.05) is 30.9 Å². The molecule has 4 N–H and O–H groups in total. The molecule has 6 nitrogen and oxygen atoms in total. The number of carbonyl (C=O) groups excluding carboxylic acids is 2. The molecule has 2 aliphatic rings. The summed E-state index contributed by atoms with van der Waals surface area (Å²) in [5.74, 6) is -0.483. The Hall–Kier alpha value is -1.63. The second kappa shape index (κ2) is 11.4. The van der Waals surface area contributed by atoms with E-state index in [4.69, 9.17) is 17.3 Å². The molecule has 1 aliphatic heterocycles. The molecule has 1 heterocycles. The predicted molar refractivity (Wildman–Crippen MR) is 115 cm³/mol. The van der Waals surface area contributed by atoms with Crippen LogP contribution in [-0.2, 0) is 9.59 Å². The Kier molecular flexibility index (Phi) is 9.22. The molecule has 1 aromatic carbocycles. The monoisotopic (exact) mass is 408 g/mol. The van der Waals surface area contributed by atoms with E-state index in [1.54, 1.807) is 0 Å². The number of hydrogen-bond donors (Lipinski definition) is 3. The van der Waals surface area contributed by atoms with E-state index >= 15 is 0 Å². The Labute approximate surface area is 173 Å². The highest BCUT2D eigenvalue weighted by atomic mass is 35.5. The lowest BCUT2D eigenvalue weighted by Crippen LogP contribution is -2.60. The predicted octanol–water partition coefficient (Wildman–Crippen LogP) is 2.81. The first kappa shape index (κ1) is 22.7. The zero-order valence-electron chi connectivity index (χ0n) is 16.8. The van der Waals surface area contributed by atoms with Gasteiger partial charge in [-0.2, -0.15) is 0 Å². The maximum atomic E-state index is 11.2. The summed E-state index contributed by atoms with van der Waals surface area (Å²) in [7, 11) is 1.88. The maximum Gasteiger partial charge on any atom is 0.284 e. The van der Waals surface area contributed by atoms with Crippen LogP contribution < -0.4 is 16.4 Å². The van der Waals surface area contributed by atoms with Gasteiger partial charge in [0, 0.05) is 49.0 Å². The number of nitrogens with one attached hydrogen (secondary N) is 2. The van der Waals surface area contributed by atoms with E-state index in [9.17, 15) is 9.59 Å². The molecule has 1 aliphatic carbocycles. The second-order valence-corrected chi connectivity index (χ2v) is 8.07. The lowest BCUT2D eigenvalue weighted by Gasteiger charge is -2.52. The molecule has 28 heavy (non-hydrogen) atoms. The largest absolute Gasteiger partial charge is 0.388 e. The van der Waals surface area contributed by atoms with Gasteiger partial charge in [-0.05, 0) is 49.9 Å². The standard InChI is InChI=1S/C14H25N3O2.C7H8ClN/c15-7-9-17-8-4-12(16-13(19)11-18)10-14(17)5-2-1-3-6-14;1-9-7-4-2-6(8)3-5-7/h11-12H,1-10,15H2,(H,16,19);2-5,9H,1H3. The van der Waals surface area contributed by atoms with Gasteiger partial charge in [0.05, 0.1) is 0 Å². The van der Waals surface area contributed by atoms with Gasteiger partial charge in [0.1, 0.15) is 0 Å². The first-order valence-electron chi connectivity index (χ1n) is 10.2. The molecule has 1 spiro atoms. The number of hydrogen-bond acceptors (Lipinski definition) is 5. The van der Waals surface area contributed by atoms with E-state index in [1.807, 2.05) is 31.3 Å². The van der Waals surface area contributed by atoms with Crippen LogP contribution in [0.15, 0.2) is 24.3 Å². The Balaban J connectivity index is 0.000000261. The average molecular weight is 409 g/mol. The van der Waals surface area contributed by atoms with Crippen molar-refractivity contribution in [1.29, 1.82) is 0 Å². The van der Waals surface area contributed by atoms with Gasteiger partial charge in [0.2, 0.25) is 6.29 Å². The number of anilines is 1. The topological polar surface area (TPSA) is 87.5 Å². The third-order valence-corrected chi connectivity index (χ3v) is 6.07. The number of piperidine rings is 1. The van der Waals surface area contributed by atoms with Gasteiger partial charge in [0.25, 0.3) is 5.91 Å². The Bertz CT molecular complexity index is 617. The number of amides is 1. The van der Waals surface area contributed by atoms with E-state index in [-0.39, 0.29) is 11.6 Å². The van der Waals surface area contributed by atoms with Crippen molar-refractivity contribution in [3.05, 3.63) is 29.3 Å². The molecular formula is C21H33ClN4O2. The maximum absolute atomic E-state index is 11.2. The molecule has 1 saturated heterocycles. The van der Waals surface area contributed by atoms with Crippen LogP contribution in [0.5, 0.6) is 0 Å². The van der Waals surface area contributed by atoms with Crippen molar-refractivity contribution < 1.29 is 9.59 Å². The molecule has 7 heteroatoms. The zero-order valence-corrected chi connectivity index (χ0v) is 17.5. The molecule has 2 fully saturated rings. The van der Waals surface area contributed by atoms with Gasteiger partial charge in [0.15, 0.2) is 0 Å². The van der Waals surface area contributed by atoms with Crippen molar-refractivity contribution in [2.75, 3.05) is 32.0 Å². The smallest absolute Gasteiger partial charge is 0.284 e. The van der Waals surface area contributed by atoms with Crippen molar-refractivity contribution in [3.8, 4) is 0 Å². The van der Waals surface area contributed by atoms with Crippen LogP contribution in [0, 0.1) is 0 Å². The molecular weight excluding hydrogens is 376 g/mol. The van der Waals surface area contributed by atoms with E-state index in [1.165, 1.54) is 32.1 Å². The molecule has 156 valence electrons. The molecule has 3 rings (SSSR count). The summed E-state index contributed by atoms with van der Waals surface area (Å²) in [6, 6.07) is 7.72. The van der Waals surface area contributed by atoms with E-state index in [0.717, 1.165) is 36.6 Å². The zero-order chi connectivity index (χ0) is 20.4. The Morgan fingerprint density at radius 2 is 1.96 bits per heavy atom. The molecule has 1 aromatic rings. The van der Waals surface area contributed by atoms with Gasteiger partial charge < -0.3 is 16.4 Å². The third kappa shape index (κ3) is 6.47.